The van der Waals surface area contributed by atoms with Crippen LogP contribution < -0.4 is 5.32 Å². The van der Waals surface area contributed by atoms with E-state index in [1.54, 1.807) is 0 Å². The minimum absolute atomic E-state index is 0.0887. The van der Waals surface area contributed by atoms with Gasteiger partial charge in [-0.25, -0.2) is 4.79 Å². The average molecular weight is 366 g/mol. The maximum absolute atomic E-state index is 12.4. The Bertz CT molecular complexity index is 699. The standard InChI is InChI=1S/C17H22N2O5S/c20-13(9-19-7-3-4-10(8-19)16(21)22)18-15-14(17(23)24)11-5-1-2-6-12(11)25-15/h10H,1-9H2,(H,18,20)(H,21,22)(H,23,24). The van der Waals surface area contributed by atoms with Crippen LogP contribution >= 0.6 is 11.3 Å². The third-order valence-electron chi connectivity index (χ3n) is 4.86. The summed E-state index contributed by atoms with van der Waals surface area (Å²) in [6.07, 6.45) is 5.01. The zero-order valence-corrected chi connectivity index (χ0v) is 14.7. The van der Waals surface area contributed by atoms with Crippen LogP contribution in [0.15, 0.2) is 0 Å². The molecule has 1 atom stereocenters. The number of aromatic carboxylic acids is 1. The topological polar surface area (TPSA) is 107 Å². The highest BCUT2D eigenvalue weighted by atomic mass is 32.1. The van der Waals surface area contributed by atoms with Gasteiger partial charge >= 0.3 is 11.9 Å². The van der Waals surface area contributed by atoms with Crippen LogP contribution in [0.25, 0.3) is 0 Å². The van der Waals surface area contributed by atoms with Crippen molar-refractivity contribution < 1.29 is 24.6 Å². The number of thiophene rings is 1. The summed E-state index contributed by atoms with van der Waals surface area (Å²) in [5.41, 5.74) is 1.10. The Kier molecular flexibility index (Phi) is 5.39. The Labute approximate surface area is 149 Å². The number of carboxylic acids is 2. The molecule has 1 unspecified atom stereocenters. The Morgan fingerprint density at radius 2 is 1.92 bits per heavy atom. The van der Waals surface area contributed by atoms with Crippen molar-refractivity contribution in [2.45, 2.75) is 38.5 Å². The van der Waals surface area contributed by atoms with Crippen LogP contribution in [-0.2, 0) is 22.4 Å². The normalized spacial score (nSPS) is 20.7. The molecule has 136 valence electrons. The summed E-state index contributed by atoms with van der Waals surface area (Å²) in [7, 11) is 0. The highest BCUT2D eigenvalue weighted by molar-refractivity contribution is 7.17. The van der Waals surface area contributed by atoms with Crippen LogP contribution in [0.3, 0.4) is 0 Å². The average Bonchev–Trinajstić information content (AvgIpc) is 2.92. The number of likely N-dealkylation sites (tertiary alicyclic amines) is 1. The number of aliphatic carboxylic acids is 1. The number of hydrogen-bond donors (Lipinski definition) is 3. The molecular weight excluding hydrogens is 344 g/mol. The summed E-state index contributed by atoms with van der Waals surface area (Å²) in [6.45, 7) is 1.13. The maximum atomic E-state index is 12.4. The zero-order chi connectivity index (χ0) is 18.0. The molecule has 0 aromatic carbocycles. The van der Waals surface area contributed by atoms with Crippen molar-refractivity contribution in [2.24, 2.45) is 5.92 Å². The summed E-state index contributed by atoms with van der Waals surface area (Å²) in [5.74, 6) is -2.56. The van der Waals surface area contributed by atoms with Gasteiger partial charge in [-0.15, -0.1) is 11.3 Å². The van der Waals surface area contributed by atoms with E-state index < -0.39 is 17.9 Å². The lowest BCUT2D eigenvalue weighted by atomic mass is 9.95. The van der Waals surface area contributed by atoms with Crippen LogP contribution in [0.2, 0.25) is 0 Å². The fourth-order valence-electron chi connectivity index (χ4n) is 3.65. The van der Waals surface area contributed by atoms with Crippen molar-refractivity contribution in [1.82, 2.24) is 4.90 Å². The second-order valence-corrected chi connectivity index (χ2v) is 7.79. The summed E-state index contributed by atoms with van der Waals surface area (Å²) in [4.78, 5) is 38.0. The molecule has 0 spiro atoms. The first-order chi connectivity index (χ1) is 12.0. The number of fused-ring (bicyclic) bond motifs is 1. The van der Waals surface area contributed by atoms with Gasteiger partial charge in [0.05, 0.1) is 18.0 Å². The molecule has 1 saturated heterocycles. The minimum atomic E-state index is -1.00. The lowest BCUT2D eigenvalue weighted by molar-refractivity contribution is -0.144. The van der Waals surface area contributed by atoms with Gasteiger partial charge in [-0.3, -0.25) is 14.5 Å². The summed E-state index contributed by atoms with van der Waals surface area (Å²) in [5, 5.41) is 21.8. The van der Waals surface area contributed by atoms with Crippen molar-refractivity contribution in [3.05, 3.63) is 16.0 Å². The largest absolute Gasteiger partial charge is 0.481 e. The molecule has 8 heteroatoms. The molecule has 2 heterocycles. The quantitative estimate of drug-likeness (QED) is 0.736. The van der Waals surface area contributed by atoms with Gasteiger partial charge in [0.15, 0.2) is 0 Å². The second kappa shape index (κ2) is 7.53. The molecule has 2 aliphatic rings. The van der Waals surface area contributed by atoms with Crippen molar-refractivity contribution in [3.8, 4) is 0 Å². The van der Waals surface area contributed by atoms with Crippen molar-refractivity contribution >= 4 is 34.2 Å². The molecule has 25 heavy (non-hydrogen) atoms. The number of aryl methyl sites for hydroxylation is 1. The third kappa shape index (κ3) is 4.01. The Hall–Kier alpha value is -1.93. The zero-order valence-electron chi connectivity index (χ0n) is 13.9. The van der Waals surface area contributed by atoms with E-state index in [1.807, 2.05) is 4.90 Å². The summed E-state index contributed by atoms with van der Waals surface area (Å²) < 4.78 is 0. The van der Waals surface area contributed by atoms with Crippen LogP contribution in [0.4, 0.5) is 5.00 Å². The number of nitrogens with one attached hydrogen (secondary N) is 1. The fourth-order valence-corrected chi connectivity index (χ4v) is 4.95. The molecule has 1 aliphatic heterocycles. The number of nitrogens with zero attached hydrogens (tertiary/aromatic N) is 1. The number of carboxylic acid groups (broad SMARTS) is 2. The van der Waals surface area contributed by atoms with E-state index in [0.29, 0.717) is 24.5 Å². The predicted octanol–water partition coefficient (Wildman–Crippen LogP) is 2.06. The molecule has 0 bridgehead atoms. The van der Waals surface area contributed by atoms with Gasteiger partial charge in [-0.1, -0.05) is 0 Å². The van der Waals surface area contributed by atoms with E-state index in [9.17, 15) is 19.5 Å². The highest BCUT2D eigenvalue weighted by Crippen LogP contribution is 2.38. The molecule has 1 aliphatic carbocycles. The van der Waals surface area contributed by atoms with Crippen LogP contribution in [-0.4, -0.2) is 52.6 Å². The molecule has 1 aromatic heterocycles. The number of hydrogen-bond acceptors (Lipinski definition) is 5. The van der Waals surface area contributed by atoms with Crippen molar-refractivity contribution in [2.75, 3.05) is 25.0 Å². The molecule has 0 radical (unpaired) electrons. The monoisotopic (exact) mass is 366 g/mol. The van der Waals surface area contributed by atoms with Gasteiger partial charge in [0.1, 0.15) is 5.00 Å². The van der Waals surface area contributed by atoms with Gasteiger partial charge in [0.25, 0.3) is 0 Å². The number of amides is 1. The van der Waals surface area contributed by atoms with E-state index in [4.69, 9.17) is 5.11 Å². The van der Waals surface area contributed by atoms with E-state index in [1.165, 1.54) is 11.3 Å². The molecule has 7 nitrogen and oxygen atoms in total. The van der Waals surface area contributed by atoms with Crippen LogP contribution in [0.1, 0.15) is 46.5 Å². The smallest absolute Gasteiger partial charge is 0.339 e. The Morgan fingerprint density at radius 1 is 1.16 bits per heavy atom. The Balaban J connectivity index is 1.68. The van der Waals surface area contributed by atoms with E-state index in [-0.39, 0.29) is 18.0 Å². The molecule has 3 rings (SSSR count). The van der Waals surface area contributed by atoms with Crippen molar-refractivity contribution in [1.29, 1.82) is 0 Å². The molecule has 1 amide bonds. The van der Waals surface area contributed by atoms with Crippen LogP contribution in [0, 0.1) is 5.92 Å². The Morgan fingerprint density at radius 3 is 2.64 bits per heavy atom. The van der Waals surface area contributed by atoms with E-state index >= 15 is 0 Å². The van der Waals surface area contributed by atoms with Gasteiger partial charge in [-0.2, -0.15) is 0 Å². The number of carbonyl (C=O) groups is 3. The first-order valence-electron chi connectivity index (χ1n) is 8.58. The first-order valence-corrected chi connectivity index (χ1v) is 9.40. The number of anilines is 1. The summed E-state index contributed by atoms with van der Waals surface area (Å²) in [6, 6.07) is 0. The lowest BCUT2D eigenvalue weighted by Crippen LogP contribution is -2.42. The highest BCUT2D eigenvalue weighted by Gasteiger charge is 2.28. The molecule has 3 N–H and O–H groups in total. The first kappa shape index (κ1) is 17.9. The SMILES string of the molecule is O=C(CN1CCCC(C(=O)O)C1)Nc1sc2c(c1C(=O)O)CCCC2. The van der Waals surface area contributed by atoms with E-state index in [2.05, 4.69) is 5.32 Å². The van der Waals surface area contributed by atoms with Gasteiger partial charge < -0.3 is 15.5 Å². The summed E-state index contributed by atoms with van der Waals surface area (Å²) >= 11 is 1.36. The number of piperidine rings is 1. The number of carbonyl (C=O) groups excluding carboxylic acids is 1. The minimum Gasteiger partial charge on any atom is -0.481 e. The van der Waals surface area contributed by atoms with E-state index in [0.717, 1.165) is 42.5 Å². The number of rotatable bonds is 5. The van der Waals surface area contributed by atoms with Gasteiger partial charge in [-0.05, 0) is 50.6 Å². The lowest BCUT2D eigenvalue weighted by Gasteiger charge is -2.29. The predicted molar refractivity (Wildman–Crippen MR) is 93.3 cm³/mol. The maximum Gasteiger partial charge on any atom is 0.339 e. The fraction of sp³-hybridized carbons (Fsp3) is 0.588. The van der Waals surface area contributed by atoms with Gasteiger partial charge in [0.2, 0.25) is 5.91 Å². The molecule has 0 saturated carbocycles. The molecule has 1 aromatic rings. The molecular formula is C17H22N2O5S. The third-order valence-corrected chi connectivity index (χ3v) is 6.07. The van der Waals surface area contributed by atoms with Crippen molar-refractivity contribution in [3.63, 3.8) is 0 Å². The van der Waals surface area contributed by atoms with Gasteiger partial charge in [0, 0.05) is 11.4 Å². The molecule has 1 fully saturated rings. The van der Waals surface area contributed by atoms with Crippen LogP contribution in [0.5, 0.6) is 0 Å². The second-order valence-electron chi connectivity index (χ2n) is 6.68.